The molecule has 33 heavy (non-hydrogen) atoms. The standard InChI is InChI=1S/C27H26ClFN2O2/c1-16(31-25-15-27(32)33-26-13-19(28)6-8-22(25)26)12-17-2-4-18(5-3-17)21-10-11-30-24-9-7-20(29)14-23(21)24/h6-11,13-18,31H,2-5,12H2,1H3/t16?,17-,18+. The molecule has 6 heteroatoms. The number of benzene rings is 2. The van der Waals surface area contributed by atoms with Gasteiger partial charge in [-0.3, -0.25) is 4.98 Å². The summed E-state index contributed by atoms with van der Waals surface area (Å²) in [6, 6.07) is 14.0. The van der Waals surface area contributed by atoms with E-state index in [4.69, 9.17) is 16.0 Å². The Morgan fingerprint density at radius 3 is 2.73 bits per heavy atom. The lowest BCUT2D eigenvalue weighted by Crippen LogP contribution is -2.23. The predicted molar refractivity (Wildman–Crippen MR) is 132 cm³/mol. The van der Waals surface area contributed by atoms with E-state index in [0.29, 0.717) is 22.4 Å². The van der Waals surface area contributed by atoms with Gasteiger partial charge in [-0.05, 0) is 92.8 Å². The molecule has 0 bridgehead atoms. The lowest BCUT2D eigenvalue weighted by atomic mass is 9.76. The second-order valence-electron chi connectivity index (χ2n) is 9.18. The first-order valence-electron chi connectivity index (χ1n) is 11.5. The van der Waals surface area contributed by atoms with Gasteiger partial charge < -0.3 is 9.73 Å². The van der Waals surface area contributed by atoms with Gasteiger partial charge in [0.25, 0.3) is 0 Å². The SMILES string of the molecule is CC(C[C@H]1CC[C@@H](c2ccnc3ccc(F)cc32)CC1)Nc1cc(=O)oc2cc(Cl)ccc12. The predicted octanol–water partition coefficient (Wildman–Crippen LogP) is 7.30. The Bertz CT molecular complexity index is 1360. The van der Waals surface area contributed by atoms with E-state index in [9.17, 15) is 9.18 Å². The van der Waals surface area contributed by atoms with Crippen molar-refractivity contribution in [3.63, 3.8) is 0 Å². The molecule has 5 rings (SSSR count). The van der Waals surface area contributed by atoms with Gasteiger partial charge in [0.1, 0.15) is 11.4 Å². The van der Waals surface area contributed by atoms with Crippen molar-refractivity contribution >= 4 is 39.2 Å². The third-order valence-corrected chi connectivity index (χ3v) is 7.05. The van der Waals surface area contributed by atoms with Crippen molar-refractivity contribution in [2.24, 2.45) is 5.92 Å². The number of fused-ring (bicyclic) bond motifs is 2. The zero-order chi connectivity index (χ0) is 22.9. The number of hydrogen-bond donors (Lipinski definition) is 1. The number of aromatic nitrogens is 1. The van der Waals surface area contributed by atoms with Gasteiger partial charge >= 0.3 is 5.63 Å². The van der Waals surface area contributed by atoms with Crippen LogP contribution in [0.2, 0.25) is 5.02 Å². The van der Waals surface area contributed by atoms with Crippen LogP contribution in [0.1, 0.15) is 50.5 Å². The van der Waals surface area contributed by atoms with Crippen molar-refractivity contribution in [2.75, 3.05) is 5.32 Å². The summed E-state index contributed by atoms with van der Waals surface area (Å²) < 4.78 is 19.1. The zero-order valence-corrected chi connectivity index (χ0v) is 19.2. The molecule has 4 nitrogen and oxygen atoms in total. The quantitative estimate of drug-likeness (QED) is 0.315. The second kappa shape index (κ2) is 9.14. The minimum Gasteiger partial charge on any atom is -0.423 e. The first-order valence-corrected chi connectivity index (χ1v) is 11.9. The molecule has 0 aliphatic heterocycles. The van der Waals surface area contributed by atoms with Crippen LogP contribution >= 0.6 is 11.6 Å². The van der Waals surface area contributed by atoms with E-state index >= 15 is 0 Å². The van der Waals surface area contributed by atoms with E-state index in [1.807, 2.05) is 12.3 Å². The van der Waals surface area contributed by atoms with E-state index in [-0.39, 0.29) is 17.5 Å². The van der Waals surface area contributed by atoms with Crippen LogP contribution in [0.4, 0.5) is 10.1 Å². The molecule has 1 aliphatic rings. The third-order valence-electron chi connectivity index (χ3n) is 6.82. The van der Waals surface area contributed by atoms with Gasteiger partial charge in [0.05, 0.1) is 11.2 Å². The summed E-state index contributed by atoms with van der Waals surface area (Å²) in [4.78, 5) is 16.4. The van der Waals surface area contributed by atoms with Gasteiger partial charge in [0, 0.05) is 40.2 Å². The Morgan fingerprint density at radius 2 is 1.91 bits per heavy atom. The third kappa shape index (κ3) is 4.74. The normalized spacial score (nSPS) is 19.6. The highest BCUT2D eigenvalue weighted by Gasteiger charge is 2.25. The Hall–Kier alpha value is -2.92. The van der Waals surface area contributed by atoms with Crippen LogP contribution < -0.4 is 10.9 Å². The fourth-order valence-electron chi connectivity index (χ4n) is 5.29. The summed E-state index contributed by atoms with van der Waals surface area (Å²) in [7, 11) is 0. The number of nitrogens with zero attached hydrogens (tertiary/aromatic N) is 1. The van der Waals surface area contributed by atoms with Crippen molar-refractivity contribution in [2.45, 2.75) is 51.0 Å². The summed E-state index contributed by atoms with van der Waals surface area (Å²) in [5, 5.41) is 5.84. The van der Waals surface area contributed by atoms with Gasteiger partial charge in [0.15, 0.2) is 0 Å². The topological polar surface area (TPSA) is 55.1 Å². The molecule has 0 radical (unpaired) electrons. The molecule has 1 aliphatic carbocycles. The van der Waals surface area contributed by atoms with E-state index in [2.05, 4.69) is 23.3 Å². The summed E-state index contributed by atoms with van der Waals surface area (Å²) in [6.07, 6.45) is 7.29. The van der Waals surface area contributed by atoms with Crippen LogP contribution in [-0.4, -0.2) is 11.0 Å². The summed E-state index contributed by atoms with van der Waals surface area (Å²) >= 11 is 6.05. The molecule has 1 saturated carbocycles. The monoisotopic (exact) mass is 464 g/mol. The van der Waals surface area contributed by atoms with Gasteiger partial charge in [0.2, 0.25) is 0 Å². The number of pyridine rings is 1. The van der Waals surface area contributed by atoms with Gasteiger partial charge in [-0.25, -0.2) is 9.18 Å². The maximum atomic E-state index is 13.8. The molecule has 170 valence electrons. The van der Waals surface area contributed by atoms with Crippen LogP contribution in [0.15, 0.2) is 63.9 Å². The molecule has 0 spiro atoms. The van der Waals surface area contributed by atoms with Crippen molar-refractivity contribution in [3.8, 4) is 0 Å². The number of nitrogens with one attached hydrogen (secondary N) is 1. The van der Waals surface area contributed by atoms with Crippen molar-refractivity contribution in [1.29, 1.82) is 0 Å². The fraction of sp³-hybridized carbons (Fsp3) is 0.333. The van der Waals surface area contributed by atoms with Crippen LogP contribution in [0.3, 0.4) is 0 Å². The number of halogens is 2. The molecule has 1 atom stereocenters. The maximum Gasteiger partial charge on any atom is 0.338 e. The average Bonchev–Trinajstić information content (AvgIpc) is 2.78. The molecule has 0 amide bonds. The molecule has 2 heterocycles. The summed E-state index contributed by atoms with van der Waals surface area (Å²) in [6.45, 7) is 2.15. The maximum absolute atomic E-state index is 13.8. The number of hydrogen-bond acceptors (Lipinski definition) is 4. The van der Waals surface area contributed by atoms with Crippen LogP contribution in [0.25, 0.3) is 21.9 Å². The molecule has 1 N–H and O–H groups in total. The molecule has 1 unspecified atom stereocenters. The van der Waals surface area contributed by atoms with E-state index in [0.717, 1.165) is 54.1 Å². The van der Waals surface area contributed by atoms with Gasteiger partial charge in [-0.2, -0.15) is 0 Å². The molecule has 1 fully saturated rings. The van der Waals surface area contributed by atoms with E-state index < -0.39 is 0 Å². The van der Waals surface area contributed by atoms with Crippen LogP contribution in [0.5, 0.6) is 0 Å². The fourth-order valence-corrected chi connectivity index (χ4v) is 5.45. The zero-order valence-electron chi connectivity index (χ0n) is 18.5. The highest BCUT2D eigenvalue weighted by molar-refractivity contribution is 6.31. The highest BCUT2D eigenvalue weighted by Crippen LogP contribution is 2.40. The number of anilines is 1. The van der Waals surface area contributed by atoms with Gasteiger partial charge in [-0.15, -0.1) is 0 Å². The number of rotatable bonds is 5. The van der Waals surface area contributed by atoms with Gasteiger partial charge in [-0.1, -0.05) is 11.6 Å². The largest absolute Gasteiger partial charge is 0.423 e. The minimum atomic E-state index is -0.388. The lowest BCUT2D eigenvalue weighted by Gasteiger charge is -2.31. The Morgan fingerprint density at radius 1 is 1.09 bits per heavy atom. The second-order valence-corrected chi connectivity index (χ2v) is 9.62. The molecule has 2 aromatic heterocycles. The van der Waals surface area contributed by atoms with Crippen molar-refractivity contribution < 1.29 is 8.81 Å². The van der Waals surface area contributed by atoms with E-state index in [1.54, 1.807) is 24.3 Å². The molecule has 0 saturated heterocycles. The lowest BCUT2D eigenvalue weighted by molar-refractivity contribution is 0.302. The highest BCUT2D eigenvalue weighted by atomic mass is 35.5. The Balaban J connectivity index is 1.25. The van der Waals surface area contributed by atoms with Crippen molar-refractivity contribution in [3.05, 3.63) is 81.6 Å². The minimum absolute atomic E-state index is 0.211. The van der Waals surface area contributed by atoms with Crippen molar-refractivity contribution in [1.82, 2.24) is 4.98 Å². The summed E-state index contributed by atoms with van der Waals surface area (Å²) in [5.74, 6) is 0.828. The summed E-state index contributed by atoms with van der Waals surface area (Å²) in [5.41, 5.74) is 2.96. The van der Waals surface area contributed by atoms with Crippen LogP contribution in [0, 0.1) is 11.7 Å². The first-order chi connectivity index (χ1) is 16.0. The molecule has 4 aromatic rings. The van der Waals surface area contributed by atoms with Crippen LogP contribution in [-0.2, 0) is 0 Å². The molecule has 2 aromatic carbocycles. The molecular formula is C27H26ClFN2O2. The average molecular weight is 465 g/mol. The van der Waals surface area contributed by atoms with E-state index in [1.165, 1.54) is 17.7 Å². The molecular weight excluding hydrogens is 439 g/mol. The Kier molecular flexibility index (Phi) is 6.07. The smallest absolute Gasteiger partial charge is 0.338 e. The Labute approximate surface area is 196 Å². The first kappa shape index (κ1) is 21.9.